The third-order valence-electron chi connectivity index (χ3n) is 3.14. The van der Waals surface area contributed by atoms with Gasteiger partial charge in [-0.3, -0.25) is 4.79 Å². The molecule has 6 heteroatoms. The summed E-state index contributed by atoms with van der Waals surface area (Å²) in [6.45, 7) is -0.537. The Balaban J connectivity index is 2.08. The number of ketones is 1. The smallest absolute Gasteiger partial charge is 0.188 e. The summed E-state index contributed by atoms with van der Waals surface area (Å²) < 4.78 is 14.0. The molecule has 106 valence electrons. The maximum Gasteiger partial charge on any atom is 0.188 e. The molecule has 0 radical (unpaired) electrons. The molecular formula is C15H10BrFN2O2. The SMILES string of the molecule is O=C(CO)c1ccc2nc(-c3ccc(Br)c(F)c3)[nH]c2c1. The largest absolute Gasteiger partial charge is 0.388 e. The number of aromatic amines is 1. The number of imidazole rings is 1. The number of aliphatic hydroxyl groups excluding tert-OH is 1. The van der Waals surface area contributed by atoms with Gasteiger partial charge in [0.2, 0.25) is 0 Å². The molecular weight excluding hydrogens is 339 g/mol. The van der Waals surface area contributed by atoms with Crippen molar-refractivity contribution in [2.75, 3.05) is 6.61 Å². The van der Waals surface area contributed by atoms with E-state index in [2.05, 4.69) is 25.9 Å². The molecule has 0 amide bonds. The van der Waals surface area contributed by atoms with Gasteiger partial charge in [-0.05, 0) is 52.3 Å². The van der Waals surface area contributed by atoms with E-state index in [0.29, 0.717) is 32.5 Å². The highest BCUT2D eigenvalue weighted by Crippen LogP contribution is 2.25. The normalized spacial score (nSPS) is 11.0. The molecule has 4 nitrogen and oxygen atoms in total. The topological polar surface area (TPSA) is 66.0 Å². The maximum atomic E-state index is 13.6. The highest BCUT2D eigenvalue weighted by molar-refractivity contribution is 9.10. The fourth-order valence-corrected chi connectivity index (χ4v) is 2.30. The van der Waals surface area contributed by atoms with E-state index in [1.165, 1.54) is 6.07 Å². The first-order valence-electron chi connectivity index (χ1n) is 6.18. The number of hydrogen-bond acceptors (Lipinski definition) is 3. The minimum absolute atomic E-state index is 0.359. The van der Waals surface area contributed by atoms with Crippen LogP contribution in [0.25, 0.3) is 22.4 Å². The van der Waals surface area contributed by atoms with Gasteiger partial charge < -0.3 is 10.1 Å². The minimum atomic E-state index is -0.537. The maximum absolute atomic E-state index is 13.6. The van der Waals surface area contributed by atoms with E-state index in [9.17, 15) is 9.18 Å². The molecule has 0 saturated carbocycles. The zero-order valence-corrected chi connectivity index (χ0v) is 12.3. The number of carbonyl (C=O) groups excluding carboxylic acids is 1. The van der Waals surface area contributed by atoms with Crippen LogP contribution in [0.4, 0.5) is 4.39 Å². The van der Waals surface area contributed by atoms with Crippen molar-refractivity contribution in [2.45, 2.75) is 0 Å². The highest BCUT2D eigenvalue weighted by Gasteiger charge is 2.10. The number of Topliss-reactive ketones (excluding diaryl/α,β-unsaturated/α-hetero) is 1. The molecule has 0 fully saturated rings. The summed E-state index contributed by atoms with van der Waals surface area (Å²) in [5, 5.41) is 8.88. The molecule has 3 rings (SSSR count). The Morgan fingerprint density at radius 1 is 1.29 bits per heavy atom. The van der Waals surface area contributed by atoms with E-state index in [-0.39, 0.29) is 11.6 Å². The predicted molar refractivity (Wildman–Crippen MR) is 80.6 cm³/mol. The van der Waals surface area contributed by atoms with E-state index < -0.39 is 6.61 Å². The molecule has 1 aromatic heterocycles. The molecule has 0 aliphatic carbocycles. The number of fused-ring (bicyclic) bond motifs is 1. The quantitative estimate of drug-likeness (QED) is 0.713. The average Bonchev–Trinajstić information content (AvgIpc) is 2.92. The predicted octanol–water partition coefficient (Wildman–Crippen LogP) is 3.31. The molecule has 2 N–H and O–H groups in total. The van der Waals surface area contributed by atoms with Gasteiger partial charge in [-0.1, -0.05) is 0 Å². The van der Waals surface area contributed by atoms with Crippen LogP contribution in [-0.2, 0) is 0 Å². The Labute approximate surface area is 127 Å². The molecule has 0 atom stereocenters. The lowest BCUT2D eigenvalue weighted by atomic mass is 10.1. The number of nitrogens with one attached hydrogen (secondary N) is 1. The van der Waals surface area contributed by atoms with Crippen molar-refractivity contribution in [3.05, 3.63) is 52.3 Å². The molecule has 0 aliphatic heterocycles. The lowest BCUT2D eigenvalue weighted by molar-refractivity contribution is 0.0904. The first-order chi connectivity index (χ1) is 10.1. The third kappa shape index (κ3) is 2.59. The average molecular weight is 349 g/mol. The first kappa shape index (κ1) is 13.9. The number of halogens is 2. The van der Waals surface area contributed by atoms with Crippen LogP contribution in [0.1, 0.15) is 10.4 Å². The molecule has 1 heterocycles. The van der Waals surface area contributed by atoms with Gasteiger partial charge >= 0.3 is 0 Å². The van der Waals surface area contributed by atoms with E-state index in [0.717, 1.165) is 0 Å². The van der Waals surface area contributed by atoms with Gasteiger partial charge in [0.05, 0.1) is 15.5 Å². The van der Waals surface area contributed by atoms with E-state index in [4.69, 9.17) is 5.11 Å². The summed E-state index contributed by atoms with van der Waals surface area (Å²) in [6.07, 6.45) is 0. The van der Waals surface area contributed by atoms with E-state index >= 15 is 0 Å². The lowest BCUT2D eigenvalue weighted by Gasteiger charge is -1.98. The van der Waals surface area contributed by atoms with Crippen LogP contribution in [0.3, 0.4) is 0 Å². The van der Waals surface area contributed by atoms with Gasteiger partial charge in [0.1, 0.15) is 18.2 Å². The van der Waals surface area contributed by atoms with Crippen LogP contribution in [0, 0.1) is 5.82 Å². The van der Waals surface area contributed by atoms with Gasteiger partial charge in [0.15, 0.2) is 5.78 Å². The third-order valence-corrected chi connectivity index (χ3v) is 3.78. The second kappa shape index (κ2) is 5.38. The Kier molecular flexibility index (Phi) is 3.57. The van der Waals surface area contributed by atoms with Crippen LogP contribution in [0.15, 0.2) is 40.9 Å². The van der Waals surface area contributed by atoms with Crippen molar-refractivity contribution < 1.29 is 14.3 Å². The number of aromatic nitrogens is 2. The molecule has 21 heavy (non-hydrogen) atoms. The fourth-order valence-electron chi connectivity index (χ4n) is 2.05. The zero-order chi connectivity index (χ0) is 15.0. The Bertz CT molecular complexity index is 845. The molecule has 0 bridgehead atoms. The molecule has 0 spiro atoms. The molecule has 2 aromatic carbocycles. The zero-order valence-electron chi connectivity index (χ0n) is 10.7. The van der Waals surface area contributed by atoms with Crippen molar-refractivity contribution in [1.29, 1.82) is 0 Å². The molecule has 0 saturated heterocycles. The second-order valence-electron chi connectivity index (χ2n) is 4.53. The van der Waals surface area contributed by atoms with Crippen molar-refractivity contribution in [3.63, 3.8) is 0 Å². The molecule has 0 unspecified atom stereocenters. The van der Waals surface area contributed by atoms with Gasteiger partial charge in [-0.15, -0.1) is 0 Å². The Hall–Kier alpha value is -2.05. The molecule has 0 aliphatic rings. The number of hydrogen-bond donors (Lipinski definition) is 2. The van der Waals surface area contributed by atoms with Crippen LogP contribution in [-0.4, -0.2) is 27.5 Å². The lowest BCUT2D eigenvalue weighted by Crippen LogP contribution is -2.03. The number of aliphatic hydroxyl groups is 1. The Morgan fingerprint density at radius 2 is 2.10 bits per heavy atom. The van der Waals surface area contributed by atoms with Gasteiger partial charge in [0, 0.05) is 11.1 Å². The summed E-state index contributed by atoms with van der Waals surface area (Å²) in [7, 11) is 0. The van der Waals surface area contributed by atoms with Gasteiger partial charge in [0.25, 0.3) is 0 Å². The number of benzene rings is 2. The number of nitrogens with zero attached hydrogens (tertiary/aromatic N) is 1. The number of carbonyl (C=O) groups is 1. The number of H-pyrrole nitrogens is 1. The van der Waals surface area contributed by atoms with Crippen molar-refractivity contribution in [1.82, 2.24) is 9.97 Å². The molecule has 3 aromatic rings. The number of rotatable bonds is 3. The fraction of sp³-hybridized carbons (Fsp3) is 0.0667. The van der Waals surface area contributed by atoms with Crippen molar-refractivity contribution in [3.8, 4) is 11.4 Å². The van der Waals surface area contributed by atoms with E-state index in [1.54, 1.807) is 30.3 Å². The summed E-state index contributed by atoms with van der Waals surface area (Å²) in [4.78, 5) is 18.9. The summed E-state index contributed by atoms with van der Waals surface area (Å²) in [5.74, 6) is -0.211. The van der Waals surface area contributed by atoms with Crippen LogP contribution in [0.2, 0.25) is 0 Å². The highest BCUT2D eigenvalue weighted by atomic mass is 79.9. The first-order valence-corrected chi connectivity index (χ1v) is 6.97. The van der Waals surface area contributed by atoms with Gasteiger partial charge in [-0.2, -0.15) is 0 Å². The summed E-state index contributed by atoms with van der Waals surface area (Å²) in [6, 6.07) is 9.64. The minimum Gasteiger partial charge on any atom is -0.388 e. The monoisotopic (exact) mass is 348 g/mol. The van der Waals surface area contributed by atoms with Crippen LogP contribution in [0.5, 0.6) is 0 Å². The van der Waals surface area contributed by atoms with Gasteiger partial charge in [-0.25, -0.2) is 9.37 Å². The van der Waals surface area contributed by atoms with Crippen molar-refractivity contribution >= 4 is 32.7 Å². The Morgan fingerprint density at radius 3 is 2.81 bits per heavy atom. The summed E-state index contributed by atoms with van der Waals surface area (Å²) in [5.41, 5.74) is 2.35. The summed E-state index contributed by atoms with van der Waals surface area (Å²) >= 11 is 3.10. The second-order valence-corrected chi connectivity index (χ2v) is 5.38. The van der Waals surface area contributed by atoms with Crippen LogP contribution >= 0.6 is 15.9 Å². The van der Waals surface area contributed by atoms with Crippen molar-refractivity contribution in [2.24, 2.45) is 0 Å². The van der Waals surface area contributed by atoms with E-state index in [1.807, 2.05) is 0 Å². The van der Waals surface area contributed by atoms with Crippen LogP contribution < -0.4 is 0 Å². The standard InChI is InChI=1S/C15H10BrFN2O2/c16-10-3-1-9(5-11(10)17)15-18-12-4-2-8(14(21)7-20)6-13(12)19-15/h1-6,20H,7H2,(H,18,19).